The number of carboxylic acids is 1. The third-order valence-corrected chi connectivity index (χ3v) is 4.72. The summed E-state index contributed by atoms with van der Waals surface area (Å²) in [5, 5.41) is 9.47. The summed E-state index contributed by atoms with van der Waals surface area (Å²) in [6.45, 7) is 7.06. The van der Waals surface area contributed by atoms with Crippen LogP contribution in [0.25, 0.3) is 0 Å². The van der Waals surface area contributed by atoms with E-state index in [1.54, 1.807) is 4.90 Å². The third kappa shape index (κ3) is 3.48. The number of amides is 2. The maximum absolute atomic E-state index is 12.9. The summed E-state index contributed by atoms with van der Waals surface area (Å²) in [6.07, 6.45) is 2.70. The van der Waals surface area contributed by atoms with Gasteiger partial charge in [0.15, 0.2) is 0 Å². The molecule has 6 nitrogen and oxygen atoms in total. The van der Waals surface area contributed by atoms with Gasteiger partial charge in [-0.1, -0.05) is 6.92 Å². The van der Waals surface area contributed by atoms with Crippen LogP contribution < -0.4 is 0 Å². The molecule has 3 unspecified atom stereocenters. The maximum atomic E-state index is 12.9. The van der Waals surface area contributed by atoms with E-state index in [1.807, 2.05) is 18.7 Å². The van der Waals surface area contributed by atoms with E-state index in [0.29, 0.717) is 13.1 Å². The molecular weight excluding hydrogens is 270 g/mol. The normalized spacial score (nSPS) is 31.9. The summed E-state index contributed by atoms with van der Waals surface area (Å²) in [5.41, 5.74) is 0. The van der Waals surface area contributed by atoms with E-state index >= 15 is 0 Å². The van der Waals surface area contributed by atoms with Crippen molar-refractivity contribution in [3.05, 3.63) is 0 Å². The Labute approximate surface area is 126 Å². The van der Waals surface area contributed by atoms with Crippen LogP contribution in [0.3, 0.4) is 0 Å². The van der Waals surface area contributed by atoms with Gasteiger partial charge in [0, 0.05) is 25.7 Å². The van der Waals surface area contributed by atoms with E-state index < -0.39 is 12.0 Å². The molecule has 0 aromatic rings. The molecule has 0 aromatic carbocycles. The van der Waals surface area contributed by atoms with Crippen LogP contribution in [0.15, 0.2) is 0 Å². The van der Waals surface area contributed by atoms with Crippen molar-refractivity contribution in [2.24, 2.45) is 5.92 Å². The Morgan fingerprint density at radius 2 is 1.71 bits per heavy atom. The Bertz CT molecular complexity index is 402. The molecule has 2 fully saturated rings. The SMILES string of the molecule is CC1CCCN(C(=O)N2CCCN(C)CC2C)C1C(=O)O. The van der Waals surface area contributed by atoms with E-state index in [9.17, 15) is 14.7 Å². The van der Waals surface area contributed by atoms with Gasteiger partial charge in [0.05, 0.1) is 0 Å². The Balaban J connectivity index is 2.14. The first kappa shape index (κ1) is 16.1. The Morgan fingerprint density at radius 1 is 1.05 bits per heavy atom. The van der Waals surface area contributed by atoms with Crippen molar-refractivity contribution in [3.63, 3.8) is 0 Å². The fraction of sp³-hybridized carbons (Fsp3) is 0.867. The molecule has 120 valence electrons. The number of aliphatic carboxylic acids is 1. The number of hydrogen-bond donors (Lipinski definition) is 1. The molecule has 2 rings (SSSR count). The zero-order valence-electron chi connectivity index (χ0n) is 13.3. The largest absolute Gasteiger partial charge is 0.480 e. The number of rotatable bonds is 1. The lowest BCUT2D eigenvalue weighted by atomic mass is 9.91. The lowest BCUT2D eigenvalue weighted by Crippen LogP contribution is -2.58. The highest BCUT2D eigenvalue weighted by Gasteiger charge is 2.39. The van der Waals surface area contributed by atoms with E-state index in [2.05, 4.69) is 11.9 Å². The highest BCUT2D eigenvalue weighted by Crippen LogP contribution is 2.25. The topological polar surface area (TPSA) is 64.1 Å². The van der Waals surface area contributed by atoms with Crippen molar-refractivity contribution >= 4 is 12.0 Å². The van der Waals surface area contributed by atoms with Crippen molar-refractivity contribution in [2.75, 3.05) is 33.2 Å². The maximum Gasteiger partial charge on any atom is 0.326 e. The minimum atomic E-state index is -0.879. The van der Waals surface area contributed by atoms with E-state index in [4.69, 9.17) is 0 Å². The lowest BCUT2D eigenvalue weighted by Gasteiger charge is -2.41. The van der Waals surface area contributed by atoms with Crippen LogP contribution in [0.5, 0.6) is 0 Å². The van der Waals surface area contributed by atoms with Gasteiger partial charge >= 0.3 is 12.0 Å². The number of carboxylic acid groups (broad SMARTS) is 1. The molecule has 6 heteroatoms. The van der Waals surface area contributed by atoms with Gasteiger partial charge in [0.1, 0.15) is 6.04 Å². The third-order valence-electron chi connectivity index (χ3n) is 4.72. The quantitative estimate of drug-likeness (QED) is 0.793. The molecule has 0 radical (unpaired) electrons. The molecule has 0 bridgehead atoms. The Hall–Kier alpha value is -1.30. The van der Waals surface area contributed by atoms with Crippen molar-refractivity contribution < 1.29 is 14.7 Å². The molecule has 2 amide bonds. The van der Waals surface area contributed by atoms with Crippen LogP contribution in [0.2, 0.25) is 0 Å². The summed E-state index contributed by atoms with van der Waals surface area (Å²) in [7, 11) is 2.06. The van der Waals surface area contributed by atoms with Gasteiger partial charge in [-0.25, -0.2) is 9.59 Å². The van der Waals surface area contributed by atoms with Crippen LogP contribution >= 0.6 is 0 Å². The smallest absolute Gasteiger partial charge is 0.326 e. The molecule has 3 atom stereocenters. The van der Waals surface area contributed by atoms with Crippen molar-refractivity contribution in [1.82, 2.24) is 14.7 Å². The second-order valence-electron chi connectivity index (χ2n) is 6.54. The molecule has 2 aliphatic heterocycles. The minimum absolute atomic E-state index is 0.0187. The summed E-state index contributed by atoms with van der Waals surface area (Å²) in [6, 6.07) is -0.659. The fourth-order valence-corrected chi connectivity index (χ4v) is 3.60. The van der Waals surface area contributed by atoms with Gasteiger partial charge in [-0.05, 0) is 45.7 Å². The van der Waals surface area contributed by atoms with Crippen LogP contribution in [0, 0.1) is 5.92 Å². The van der Waals surface area contributed by atoms with Gasteiger partial charge in [0.25, 0.3) is 0 Å². The molecule has 0 spiro atoms. The number of urea groups is 1. The highest BCUT2D eigenvalue weighted by molar-refractivity contribution is 5.83. The van der Waals surface area contributed by atoms with E-state index in [0.717, 1.165) is 32.4 Å². The first-order valence-electron chi connectivity index (χ1n) is 7.90. The van der Waals surface area contributed by atoms with Crippen LogP contribution in [0.4, 0.5) is 4.79 Å². The number of carbonyl (C=O) groups is 2. The van der Waals surface area contributed by atoms with Crippen molar-refractivity contribution in [3.8, 4) is 0 Å². The van der Waals surface area contributed by atoms with Crippen molar-refractivity contribution in [2.45, 2.75) is 45.2 Å². The number of likely N-dealkylation sites (tertiary alicyclic amines) is 1. The number of carbonyl (C=O) groups excluding carboxylic acids is 1. The van der Waals surface area contributed by atoms with Gasteiger partial charge in [-0.3, -0.25) is 0 Å². The zero-order valence-corrected chi connectivity index (χ0v) is 13.3. The van der Waals surface area contributed by atoms with Gasteiger partial charge in [-0.15, -0.1) is 0 Å². The molecule has 0 aliphatic carbocycles. The predicted octanol–water partition coefficient (Wildman–Crippen LogP) is 1.32. The first-order valence-corrected chi connectivity index (χ1v) is 7.90. The number of piperidine rings is 1. The lowest BCUT2D eigenvalue weighted by molar-refractivity contribution is -0.145. The minimum Gasteiger partial charge on any atom is -0.480 e. The molecule has 0 saturated carbocycles. The van der Waals surface area contributed by atoms with Gasteiger partial charge in [0.2, 0.25) is 0 Å². The van der Waals surface area contributed by atoms with Crippen molar-refractivity contribution in [1.29, 1.82) is 0 Å². The van der Waals surface area contributed by atoms with Crippen LogP contribution in [-0.4, -0.2) is 77.1 Å². The Kier molecular flexibility index (Phi) is 5.08. The first-order chi connectivity index (χ1) is 9.91. The van der Waals surface area contributed by atoms with Gasteiger partial charge < -0.3 is 19.8 Å². The van der Waals surface area contributed by atoms with E-state index in [1.165, 1.54) is 0 Å². The summed E-state index contributed by atoms with van der Waals surface area (Å²) in [4.78, 5) is 30.1. The number of nitrogens with zero attached hydrogens (tertiary/aromatic N) is 3. The molecule has 1 N–H and O–H groups in total. The number of likely N-dealkylation sites (N-methyl/N-ethyl adjacent to an activating group) is 1. The van der Waals surface area contributed by atoms with Crippen LogP contribution in [-0.2, 0) is 4.79 Å². The average Bonchev–Trinajstić information content (AvgIpc) is 2.57. The van der Waals surface area contributed by atoms with E-state index in [-0.39, 0.29) is 18.0 Å². The second kappa shape index (κ2) is 6.64. The summed E-state index contributed by atoms with van der Waals surface area (Å²) in [5.74, 6) is -0.861. The van der Waals surface area contributed by atoms with Crippen LogP contribution in [0.1, 0.15) is 33.1 Å². The predicted molar refractivity (Wildman–Crippen MR) is 80.2 cm³/mol. The molecule has 2 saturated heterocycles. The second-order valence-corrected chi connectivity index (χ2v) is 6.54. The van der Waals surface area contributed by atoms with Gasteiger partial charge in [-0.2, -0.15) is 0 Å². The molecule has 2 aliphatic rings. The molecule has 21 heavy (non-hydrogen) atoms. The zero-order chi connectivity index (χ0) is 15.6. The number of hydrogen-bond acceptors (Lipinski definition) is 3. The molecule has 2 heterocycles. The fourth-order valence-electron chi connectivity index (χ4n) is 3.60. The average molecular weight is 297 g/mol. The highest BCUT2D eigenvalue weighted by atomic mass is 16.4. The standard InChI is InChI=1S/C15H27N3O3/c1-11-6-4-8-18(13(11)14(19)20)15(21)17-9-5-7-16(3)10-12(17)2/h11-13H,4-10H2,1-3H3,(H,19,20). The Morgan fingerprint density at radius 3 is 2.38 bits per heavy atom. The summed E-state index contributed by atoms with van der Waals surface area (Å²) < 4.78 is 0. The molecule has 0 aromatic heterocycles. The monoisotopic (exact) mass is 297 g/mol. The summed E-state index contributed by atoms with van der Waals surface area (Å²) >= 11 is 0. The molecular formula is C15H27N3O3.